The molecule has 2 aromatic carbocycles. The van der Waals surface area contributed by atoms with Crippen LogP contribution >= 0.6 is 22.9 Å². The molecule has 5 rings (SSSR count). The number of amides is 1. The molecule has 5 heteroatoms. The van der Waals surface area contributed by atoms with Crippen molar-refractivity contribution in [3.8, 4) is 0 Å². The molecule has 2 N–H and O–H groups in total. The van der Waals surface area contributed by atoms with Crippen molar-refractivity contribution in [2.45, 2.75) is 45.2 Å². The van der Waals surface area contributed by atoms with Gasteiger partial charge in [0.25, 0.3) is 0 Å². The smallest absolute Gasteiger partial charge is 0.248 e. The van der Waals surface area contributed by atoms with Crippen molar-refractivity contribution in [3.05, 3.63) is 92.1 Å². The SMILES string of the molecule is Cc1ccc(/C=C/C(=O)Nc2ccc3c(c2)C[C@H]2CC[C@@H](C3)[C@H]2NCc2ccc(Cl)s2)cc1. The Balaban J connectivity index is 1.23. The van der Waals surface area contributed by atoms with Crippen molar-refractivity contribution >= 4 is 40.6 Å². The van der Waals surface area contributed by atoms with Gasteiger partial charge < -0.3 is 10.6 Å². The van der Waals surface area contributed by atoms with E-state index in [2.05, 4.69) is 47.9 Å². The minimum Gasteiger partial charge on any atom is -0.323 e. The molecule has 1 heterocycles. The number of benzene rings is 2. The fourth-order valence-corrected chi connectivity index (χ4v) is 6.36. The Kier molecular flexibility index (Phi) is 6.68. The van der Waals surface area contributed by atoms with Crippen LogP contribution in [0.5, 0.6) is 0 Å². The molecule has 170 valence electrons. The zero-order valence-electron chi connectivity index (χ0n) is 18.8. The molecule has 3 aromatic rings. The Hall–Kier alpha value is -2.40. The van der Waals surface area contributed by atoms with Crippen molar-refractivity contribution in [2.75, 3.05) is 5.32 Å². The highest BCUT2D eigenvalue weighted by molar-refractivity contribution is 7.16. The van der Waals surface area contributed by atoms with Gasteiger partial charge in [-0.05, 0) is 91.5 Å². The van der Waals surface area contributed by atoms with Crippen molar-refractivity contribution in [2.24, 2.45) is 11.8 Å². The molecule has 2 aliphatic rings. The monoisotopic (exact) mass is 476 g/mol. The van der Waals surface area contributed by atoms with E-state index in [1.807, 2.05) is 30.3 Å². The Morgan fingerprint density at radius 2 is 1.79 bits per heavy atom. The average Bonchev–Trinajstić information content (AvgIpc) is 3.34. The van der Waals surface area contributed by atoms with Gasteiger partial charge in [-0.25, -0.2) is 0 Å². The van der Waals surface area contributed by atoms with Crippen LogP contribution in [0.3, 0.4) is 0 Å². The highest BCUT2D eigenvalue weighted by atomic mass is 35.5. The molecule has 0 saturated heterocycles. The van der Waals surface area contributed by atoms with Gasteiger partial charge in [0.05, 0.1) is 4.34 Å². The summed E-state index contributed by atoms with van der Waals surface area (Å²) in [7, 11) is 0. The lowest BCUT2D eigenvalue weighted by atomic mass is 9.93. The molecule has 1 saturated carbocycles. The fourth-order valence-electron chi connectivity index (χ4n) is 5.32. The minimum atomic E-state index is -0.0974. The van der Waals surface area contributed by atoms with E-state index in [9.17, 15) is 4.79 Å². The number of anilines is 1. The second-order valence-corrected chi connectivity index (χ2v) is 11.1. The number of aryl methyl sites for hydroxylation is 1. The first kappa shape index (κ1) is 22.4. The number of thiophene rings is 1. The lowest BCUT2D eigenvalue weighted by molar-refractivity contribution is -0.111. The number of rotatable bonds is 6. The predicted molar refractivity (Wildman–Crippen MR) is 139 cm³/mol. The van der Waals surface area contributed by atoms with E-state index in [0.717, 1.165) is 35.0 Å². The first-order valence-corrected chi connectivity index (χ1v) is 12.9. The first-order chi connectivity index (χ1) is 16.0. The van der Waals surface area contributed by atoms with Crippen molar-refractivity contribution in [1.29, 1.82) is 0 Å². The lowest BCUT2D eigenvalue weighted by Gasteiger charge is -2.23. The van der Waals surface area contributed by atoms with Crippen LogP contribution < -0.4 is 10.6 Å². The summed E-state index contributed by atoms with van der Waals surface area (Å²) in [4.78, 5) is 13.8. The van der Waals surface area contributed by atoms with Crippen LogP contribution in [0, 0.1) is 18.8 Å². The topological polar surface area (TPSA) is 41.1 Å². The number of hydrogen-bond acceptors (Lipinski definition) is 3. The van der Waals surface area contributed by atoms with Crippen LogP contribution in [0.25, 0.3) is 6.08 Å². The third kappa shape index (κ3) is 5.40. The van der Waals surface area contributed by atoms with Crippen molar-refractivity contribution in [1.82, 2.24) is 5.32 Å². The van der Waals surface area contributed by atoms with E-state index < -0.39 is 0 Å². The number of hydrogen-bond donors (Lipinski definition) is 2. The zero-order valence-corrected chi connectivity index (χ0v) is 20.4. The number of halogens is 1. The zero-order chi connectivity index (χ0) is 22.8. The molecule has 3 nitrogen and oxygen atoms in total. The lowest BCUT2D eigenvalue weighted by Crippen LogP contribution is -2.37. The highest BCUT2D eigenvalue weighted by Gasteiger charge is 2.38. The second-order valence-electron chi connectivity index (χ2n) is 9.34. The largest absolute Gasteiger partial charge is 0.323 e. The van der Waals surface area contributed by atoms with Crippen LogP contribution in [0.15, 0.2) is 60.7 Å². The highest BCUT2D eigenvalue weighted by Crippen LogP contribution is 2.41. The molecule has 2 bridgehead atoms. The van der Waals surface area contributed by atoms with Crippen LogP contribution in [0.2, 0.25) is 4.34 Å². The third-order valence-corrected chi connectivity index (χ3v) is 8.24. The van der Waals surface area contributed by atoms with Crippen LogP contribution in [-0.4, -0.2) is 11.9 Å². The maximum Gasteiger partial charge on any atom is 0.248 e. The van der Waals surface area contributed by atoms with E-state index in [1.54, 1.807) is 17.4 Å². The van der Waals surface area contributed by atoms with Gasteiger partial charge in [0, 0.05) is 29.2 Å². The van der Waals surface area contributed by atoms with Gasteiger partial charge in [-0.1, -0.05) is 47.5 Å². The maximum absolute atomic E-state index is 12.5. The quantitative estimate of drug-likeness (QED) is 0.391. The molecule has 1 amide bonds. The Morgan fingerprint density at radius 1 is 1.03 bits per heavy atom. The fraction of sp³-hybridized carbons (Fsp3) is 0.321. The Morgan fingerprint density at radius 3 is 2.52 bits per heavy atom. The van der Waals surface area contributed by atoms with Gasteiger partial charge >= 0.3 is 0 Å². The van der Waals surface area contributed by atoms with E-state index in [4.69, 9.17) is 11.6 Å². The van der Waals surface area contributed by atoms with E-state index in [-0.39, 0.29) is 5.91 Å². The summed E-state index contributed by atoms with van der Waals surface area (Å²) in [5.41, 5.74) is 5.93. The van der Waals surface area contributed by atoms with Gasteiger partial charge in [0.2, 0.25) is 5.91 Å². The van der Waals surface area contributed by atoms with Gasteiger partial charge in [0.15, 0.2) is 0 Å². The number of fused-ring (bicyclic) bond motifs is 3. The first-order valence-electron chi connectivity index (χ1n) is 11.7. The Bertz CT molecular complexity index is 1170. The Labute approximate surface area is 204 Å². The van der Waals surface area contributed by atoms with Gasteiger partial charge in [-0.3, -0.25) is 4.79 Å². The van der Waals surface area contributed by atoms with Gasteiger partial charge in [-0.15, -0.1) is 11.3 Å². The van der Waals surface area contributed by atoms with Gasteiger partial charge in [0.1, 0.15) is 0 Å². The molecule has 3 atom stereocenters. The third-order valence-electron chi connectivity index (χ3n) is 7.01. The predicted octanol–water partition coefficient (Wildman–Crippen LogP) is 6.65. The average molecular weight is 477 g/mol. The van der Waals surface area contributed by atoms with Crippen LogP contribution in [0.1, 0.15) is 40.0 Å². The summed E-state index contributed by atoms with van der Waals surface area (Å²) in [6, 6.07) is 19.2. The minimum absolute atomic E-state index is 0.0974. The van der Waals surface area contributed by atoms with Gasteiger partial charge in [-0.2, -0.15) is 0 Å². The summed E-state index contributed by atoms with van der Waals surface area (Å²) in [6.07, 6.45) is 8.19. The normalized spacial score (nSPS) is 21.7. The van der Waals surface area contributed by atoms with Crippen molar-refractivity contribution in [3.63, 3.8) is 0 Å². The molecule has 1 aromatic heterocycles. The number of carbonyl (C=O) groups excluding carboxylic acids is 1. The molecule has 2 aliphatic carbocycles. The van der Waals surface area contributed by atoms with E-state index in [0.29, 0.717) is 17.9 Å². The molecule has 0 radical (unpaired) electrons. The second kappa shape index (κ2) is 9.84. The summed E-state index contributed by atoms with van der Waals surface area (Å²) < 4.78 is 0.853. The molecular formula is C28H29ClN2OS. The summed E-state index contributed by atoms with van der Waals surface area (Å²) in [5, 5.41) is 6.89. The number of nitrogens with one attached hydrogen (secondary N) is 2. The molecule has 0 aliphatic heterocycles. The standard InChI is InChI=1S/C28H29ClN2OS/c1-18-2-4-19(5-3-18)6-13-27(32)31-24-10-9-20-14-21-7-8-22(15-23(20)16-24)28(21)30-17-25-11-12-26(29)33-25/h2-6,9-13,16,21-22,28,30H,7-8,14-15,17H2,1H3,(H,31,32)/b13-6+/t21-,22+,28+/m0/s1. The molecular weight excluding hydrogens is 448 g/mol. The molecule has 33 heavy (non-hydrogen) atoms. The van der Waals surface area contributed by atoms with E-state index >= 15 is 0 Å². The summed E-state index contributed by atoms with van der Waals surface area (Å²) in [5.74, 6) is 1.21. The van der Waals surface area contributed by atoms with Crippen molar-refractivity contribution < 1.29 is 4.79 Å². The molecule has 0 spiro atoms. The maximum atomic E-state index is 12.5. The van der Waals surface area contributed by atoms with E-state index in [1.165, 1.54) is 34.4 Å². The summed E-state index contributed by atoms with van der Waals surface area (Å²) in [6.45, 7) is 2.95. The van der Waals surface area contributed by atoms with Crippen LogP contribution in [0.4, 0.5) is 5.69 Å². The number of carbonyl (C=O) groups is 1. The molecule has 0 unspecified atom stereocenters. The molecule has 1 fully saturated rings. The summed E-state index contributed by atoms with van der Waals surface area (Å²) >= 11 is 7.76. The van der Waals surface area contributed by atoms with Crippen LogP contribution in [-0.2, 0) is 24.2 Å².